The van der Waals surface area contributed by atoms with Crippen molar-refractivity contribution in [1.82, 2.24) is 5.32 Å². The first-order valence-corrected chi connectivity index (χ1v) is 7.28. The zero-order valence-electron chi connectivity index (χ0n) is 11.3. The highest BCUT2D eigenvalue weighted by atomic mass is 79.9. The van der Waals surface area contributed by atoms with Gasteiger partial charge in [-0.1, -0.05) is 46.3 Å². The van der Waals surface area contributed by atoms with Gasteiger partial charge < -0.3 is 10.6 Å². The lowest BCUT2D eigenvalue weighted by Crippen LogP contribution is -2.30. The van der Waals surface area contributed by atoms with E-state index >= 15 is 0 Å². The predicted octanol–water partition coefficient (Wildman–Crippen LogP) is 3.74. The van der Waals surface area contributed by atoms with E-state index in [9.17, 15) is 4.79 Å². The normalized spacial score (nSPS) is 11.9. The molecule has 3 nitrogen and oxygen atoms in total. The maximum absolute atomic E-state index is 11.8. The first-order valence-electron chi connectivity index (χ1n) is 6.49. The van der Waals surface area contributed by atoms with Gasteiger partial charge in [-0.3, -0.25) is 4.79 Å². The van der Waals surface area contributed by atoms with Crippen molar-refractivity contribution in [2.75, 3.05) is 11.9 Å². The van der Waals surface area contributed by atoms with Crippen molar-refractivity contribution >= 4 is 27.5 Å². The highest BCUT2D eigenvalue weighted by Crippen LogP contribution is 2.16. The van der Waals surface area contributed by atoms with E-state index in [0.29, 0.717) is 0 Å². The first kappa shape index (κ1) is 14.8. The molecular weight excluding hydrogens is 316 g/mol. The van der Waals surface area contributed by atoms with Crippen molar-refractivity contribution in [2.24, 2.45) is 0 Å². The number of nitrogens with one attached hydrogen (secondary N) is 2. The molecule has 20 heavy (non-hydrogen) atoms. The lowest BCUT2D eigenvalue weighted by Gasteiger charge is -2.14. The van der Waals surface area contributed by atoms with Gasteiger partial charge in [0.05, 0.1) is 6.54 Å². The molecule has 0 saturated heterocycles. The van der Waals surface area contributed by atoms with Crippen molar-refractivity contribution in [3.8, 4) is 0 Å². The molecule has 0 aliphatic carbocycles. The van der Waals surface area contributed by atoms with Crippen LogP contribution in [0.25, 0.3) is 0 Å². The number of hydrogen-bond donors (Lipinski definition) is 2. The number of benzene rings is 2. The molecule has 0 unspecified atom stereocenters. The summed E-state index contributed by atoms with van der Waals surface area (Å²) >= 11 is 3.41. The van der Waals surface area contributed by atoms with E-state index in [1.54, 1.807) is 0 Å². The number of amides is 1. The van der Waals surface area contributed by atoms with Crippen LogP contribution in [-0.4, -0.2) is 12.5 Å². The fourth-order valence-corrected chi connectivity index (χ4v) is 2.11. The number of hydrogen-bond acceptors (Lipinski definition) is 2. The highest BCUT2D eigenvalue weighted by molar-refractivity contribution is 9.10. The lowest BCUT2D eigenvalue weighted by molar-refractivity contribution is -0.115. The van der Waals surface area contributed by atoms with E-state index in [1.165, 1.54) is 0 Å². The Morgan fingerprint density at radius 2 is 1.75 bits per heavy atom. The molecule has 4 heteroatoms. The zero-order chi connectivity index (χ0) is 14.4. The highest BCUT2D eigenvalue weighted by Gasteiger charge is 2.07. The van der Waals surface area contributed by atoms with Crippen LogP contribution in [0.2, 0.25) is 0 Å². The Hall–Kier alpha value is -1.65. The number of anilines is 1. The molecule has 0 aliphatic rings. The van der Waals surface area contributed by atoms with E-state index in [1.807, 2.05) is 61.5 Å². The second-order valence-electron chi connectivity index (χ2n) is 4.57. The summed E-state index contributed by atoms with van der Waals surface area (Å²) in [7, 11) is 0. The number of carbonyl (C=O) groups excluding carboxylic acids is 1. The molecule has 0 heterocycles. The minimum Gasteiger partial charge on any atom is -0.325 e. The van der Waals surface area contributed by atoms with Gasteiger partial charge in [0.2, 0.25) is 5.91 Å². The Bertz CT molecular complexity index is 554. The molecule has 2 aromatic rings. The van der Waals surface area contributed by atoms with E-state index < -0.39 is 0 Å². The van der Waals surface area contributed by atoms with Gasteiger partial charge in [-0.15, -0.1) is 0 Å². The van der Waals surface area contributed by atoms with Crippen molar-refractivity contribution < 1.29 is 4.79 Å². The molecule has 2 N–H and O–H groups in total. The minimum absolute atomic E-state index is 0.0415. The topological polar surface area (TPSA) is 41.1 Å². The second kappa shape index (κ2) is 7.22. The largest absolute Gasteiger partial charge is 0.325 e. The van der Waals surface area contributed by atoms with E-state index in [-0.39, 0.29) is 18.5 Å². The Kier molecular flexibility index (Phi) is 5.32. The van der Waals surface area contributed by atoms with Crippen LogP contribution in [0.15, 0.2) is 59.1 Å². The molecule has 0 aliphatic heterocycles. The quantitative estimate of drug-likeness (QED) is 0.875. The molecular formula is C16H17BrN2O. The van der Waals surface area contributed by atoms with Crippen LogP contribution in [0.4, 0.5) is 5.69 Å². The summed E-state index contributed by atoms with van der Waals surface area (Å²) in [6.45, 7) is 2.32. The number of carbonyl (C=O) groups is 1. The van der Waals surface area contributed by atoms with Gasteiger partial charge >= 0.3 is 0 Å². The summed E-state index contributed by atoms with van der Waals surface area (Å²) < 4.78 is 1.05. The third-order valence-electron chi connectivity index (χ3n) is 3.00. The molecule has 0 saturated carbocycles. The summed E-state index contributed by atoms with van der Waals surface area (Å²) in [5.41, 5.74) is 1.97. The Labute approximate surface area is 127 Å². The van der Waals surface area contributed by atoms with Crippen molar-refractivity contribution in [1.29, 1.82) is 0 Å². The van der Waals surface area contributed by atoms with Crippen LogP contribution in [0, 0.1) is 0 Å². The first-order chi connectivity index (χ1) is 9.65. The van der Waals surface area contributed by atoms with Gasteiger partial charge in [0.1, 0.15) is 0 Å². The van der Waals surface area contributed by atoms with Crippen molar-refractivity contribution in [3.63, 3.8) is 0 Å². The Morgan fingerprint density at radius 3 is 2.40 bits per heavy atom. The van der Waals surface area contributed by atoms with E-state index in [0.717, 1.165) is 15.7 Å². The smallest absolute Gasteiger partial charge is 0.238 e. The Morgan fingerprint density at radius 1 is 1.10 bits per heavy atom. The van der Waals surface area contributed by atoms with Gasteiger partial charge in [0, 0.05) is 16.2 Å². The average molecular weight is 333 g/mol. The van der Waals surface area contributed by atoms with Gasteiger partial charge in [-0.25, -0.2) is 0 Å². The van der Waals surface area contributed by atoms with Crippen molar-refractivity contribution in [3.05, 3.63) is 64.6 Å². The predicted molar refractivity (Wildman–Crippen MR) is 85.6 cm³/mol. The SMILES string of the molecule is C[C@H](NCC(=O)Nc1ccccc1)c1ccc(Br)cc1. The number of para-hydroxylation sites is 1. The van der Waals surface area contributed by atoms with Crippen LogP contribution < -0.4 is 10.6 Å². The van der Waals surface area contributed by atoms with Gasteiger partial charge in [-0.2, -0.15) is 0 Å². The van der Waals surface area contributed by atoms with E-state index in [2.05, 4.69) is 26.6 Å². The van der Waals surface area contributed by atoms with Crippen LogP contribution in [0.5, 0.6) is 0 Å². The summed E-state index contributed by atoms with van der Waals surface area (Å²) in [4.78, 5) is 11.8. The third kappa shape index (κ3) is 4.47. The summed E-state index contributed by atoms with van der Waals surface area (Å²) in [6.07, 6.45) is 0. The lowest BCUT2D eigenvalue weighted by atomic mass is 10.1. The molecule has 0 aromatic heterocycles. The Balaban J connectivity index is 1.82. The summed E-state index contributed by atoms with van der Waals surface area (Å²) in [5.74, 6) is -0.0415. The van der Waals surface area contributed by atoms with Gasteiger partial charge in [0.25, 0.3) is 0 Å². The average Bonchev–Trinajstić information content (AvgIpc) is 2.46. The molecule has 1 amide bonds. The molecule has 0 bridgehead atoms. The van der Waals surface area contributed by atoms with Crippen molar-refractivity contribution in [2.45, 2.75) is 13.0 Å². The molecule has 0 spiro atoms. The molecule has 0 fully saturated rings. The maximum atomic E-state index is 11.8. The molecule has 104 valence electrons. The monoisotopic (exact) mass is 332 g/mol. The van der Waals surface area contributed by atoms with E-state index in [4.69, 9.17) is 0 Å². The number of halogens is 1. The molecule has 1 atom stereocenters. The minimum atomic E-state index is -0.0415. The molecule has 0 radical (unpaired) electrons. The number of rotatable bonds is 5. The maximum Gasteiger partial charge on any atom is 0.238 e. The van der Waals surface area contributed by atoms with Gasteiger partial charge in [0.15, 0.2) is 0 Å². The summed E-state index contributed by atoms with van der Waals surface area (Å²) in [6, 6.07) is 17.7. The standard InChI is InChI=1S/C16H17BrN2O/c1-12(13-7-9-14(17)10-8-13)18-11-16(20)19-15-5-3-2-4-6-15/h2-10,12,18H,11H2,1H3,(H,19,20)/t12-/m0/s1. The van der Waals surface area contributed by atoms with Gasteiger partial charge in [-0.05, 0) is 36.8 Å². The van der Waals surface area contributed by atoms with Crippen LogP contribution in [0.1, 0.15) is 18.5 Å². The third-order valence-corrected chi connectivity index (χ3v) is 3.53. The molecule has 2 rings (SSSR count). The molecule has 2 aromatic carbocycles. The van der Waals surface area contributed by atoms with Crippen LogP contribution >= 0.6 is 15.9 Å². The zero-order valence-corrected chi connectivity index (χ0v) is 12.9. The van der Waals surface area contributed by atoms with Crippen LogP contribution in [-0.2, 0) is 4.79 Å². The second-order valence-corrected chi connectivity index (χ2v) is 5.48. The fraction of sp³-hybridized carbons (Fsp3) is 0.188. The summed E-state index contributed by atoms with van der Waals surface area (Å²) in [5, 5.41) is 6.06. The fourth-order valence-electron chi connectivity index (χ4n) is 1.84. The van der Waals surface area contributed by atoms with Crippen LogP contribution in [0.3, 0.4) is 0 Å².